The molecule has 28 heavy (non-hydrogen) atoms. The number of rotatable bonds is 7. The van der Waals surface area contributed by atoms with E-state index < -0.39 is 0 Å². The van der Waals surface area contributed by atoms with Gasteiger partial charge in [0.2, 0.25) is 5.91 Å². The number of amides is 1. The highest BCUT2D eigenvalue weighted by molar-refractivity contribution is 7.19. The van der Waals surface area contributed by atoms with Crippen LogP contribution in [0.2, 0.25) is 0 Å². The molecule has 1 amide bonds. The number of carbonyl (C=O) groups excluding carboxylic acids is 1. The highest BCUT2D eigenvalue weighted by Gasteiger charge is 2.40. The lowest BCUT2D eigenvalue weighted by atomic mass is 10.2. The predicted molar refractivity (Wildman–Crippen MR) is 114 cm³/mol. The van der Waals surface area contributed by atoms with Crippen LogP contribution in [0.25, 0.3) is 10.6 Å². The van der Waals surface area contributed by atoms with Crippen molar-refractivity contribution >= 4 is 33.6 Å². The van der Waals surface area contributed by atoms with Gasteiger partial charge in [-0.15, -0.1) is 0 Å². The smallest absolute Gasteiger partial charge is 0.243 e. The predicted octanol–water partition coefficient (Wildman–Crippen LogP) is 3.77. The van der Waals surface area contributed by atoms with E-state index in [0.717, 1.165) is 35.3 Å². The highest BCUT2D eigenvalue weighted by atomic mass is 32.1. The van der Waals surface area contributed by atoms with E-state index >= 15 is 0 Å². The van der Waals surface area contributed by atoms with Crippen molar-refractivity contribution in [3.63, 3.8) is 0 Å². The molecular formula is C21H22N4OS2. The third-order valence-electron chi connectivity index (χ3n) is 5.33. The summed E-state index contributed by atoms with van der Waals surface area (Å²) in [5, 5.41) is 9.61. The minimum absolute atomic E-state index is 0.110. The molecule has 2 aliphatic rings. The Morgan fingerprint density at radius 1 is 1.29 bits per heavy atom. The van der Waals surface area contributed by atoms with Gasteiger partial charge in [-0.25, -0.2) is 4.98 Å². The molecule has 3 aromatic heterocycles. The number of hydrogen-bond acceptors (Lipinski definition) is 6. The number of hydrogen-bond donors (Lipinski definition) is 1. The average molecular weight is 411 g/mol. The van der Waals surface area contributed by atoms with Gasteiger partial charge in [0.05, 0.1) is 5.69 Å². The lowest BCUT2D eigenvalue weighted by Crippen LogP contribution is -2.46. The third kappa shape index (κ3) is 3.69. The second kappa shape index (κ2) is 7.64. The summed E-state index contributed by atoms with van der Waals surface area (Å²) in [6.07, 6.45) is 5.80. The largest absolute Gasteiger partial charge is 0.354 e. The first-order valence-corrected chi connectivity index (χ1v) is 11.5. The summed E-state index contributed by atoms with van der Waals surface area (Å²) in [6.45, 7) is 1.58. The van der Waals surface area contributed by atoms with Gasteiger partial charge < -0.3 is 10.2 Å². The van der Waals surface area contributed by atoms with Crippen molar-refractivity contribution in [2.45, 2.75) is 31.7 Å². The lowest BCUT2D eigenvalue weighted by Gasteiger charge is -2.25. The molecule has 1 aliphatic carbocycles. The SMILES string of the molecule is O=C(NCCc1ccccn1)C1Cc2nc(-c3ccsc3)sc2N1CC1CC1. The summed E-state index contributed by atoms with van der Waals surface area (Å²) in [7, 11) is 0. The summed E-state index contributed by atoms with van der Waals surface area (Å²) in [5.41, 5.74) is 3.27. The van der Waals surface area contributed by atoms with Crippen molar-refractivity contribution in [1.29, 1.82) is 0 Å². The van der Waals surface area contributed by atoms with Crippen molar-refractivity contribution in [2.24, 2.45) is 5.92 Å². The fourth-order valence-corrected chi connectivity index (χ4v) is 5.51. The maximum Gasteiger partial charge on any atom is 0.243 e. The van der Waals surface area contributed by atoms with Crippen LogP contribution in [0.3, 0.4) is 0 Å². The number of anilines is 1. The van der Waals surface area contributed by atoms with Crippen molar-refractivity contribution in [2.75, 3.05) is 18.0 Å². The van der Waals surface area contributed by atoms with Crippen LogP contribution in [-0.2, 0) is 17.6 Å². The molecule has 0 bridgehead atoms. The van der Waals surface area contributed by atoms with Gasteiger partial charge >= 0.3 is 0 Å². The first-order chi connectivity index (χ1) is 13.8. The molecule has 0 saturated heterocycles. The number of carbonyl (C=O) groups is 1. The Kier molecular flexibility index (Phi) is 4.86. The standard InChI is InChI=1S/C21H22N4OS2/c26-19(23-9-6-16-3-1-2-8-22-16)18-11-17-21(25(18)12-14-4-5-14)28-20(24-17)15-7-10-27-13-15/h1-3,7-8,10,13-14,18H,4-6,9,11-12H2,(H,23,26). The molecule has 1 N–H and O–H groups in total. The number of pyridine rings is 1. The van der Waals surface area contributed by atoms with Gasteiger partial charge in [0.25, 0.3) is 0 Å². The summed E-state index contributed by atoms with van der Waals surface area (Å²) in [4.78, 5) is 24.4. The molecule has 0 spiro atoms. The molecule has 0 radical (unpaired) electrons. The third-order valence-corrected chi connectivity index (χ3v) is 7.20. The topological polar surface area (TPSA) is 58.1 Å². The zero-order valence-electron chi connectivity index (χ0n) is 15.5. The van der Waals surface area contributed by atoms with E-state index in [0.29, 0.717) is 13.0 Å². The number of fused-ring (bicyclic) bond motifs is 1. The van der Waals surface area contributed by atoms with Crippen LogP contribution < -0.4 is 10.2 Å². The van der Waals surface area contributed by atoms with E-state index in [1.807, 2.05) is 18.2 Å². The molecular weight excluding hydrogens is 388 g/mol. The van der Waals surface area contributed by atoms with E-state index in [1.54, 1.807) is 28.9 Å². The van der Waals surface area contributed by atoms with Crippen molar-refractivity contribution in [1.82, 2.24) is 15.3 Å². The van der Waals surface area contributed by atoms with Crippen molar-refractivity contribution < 1.29 is 4.79 Å². The van der Waals surface area contributed by atoms with Crippen LogP contribution in [0.1, 0.15) is 24.2 Å². The summed E-state index contributed by atoms with van der Waals surface area (Å²) < 4.78 is 0. The molecule has 144 valence electrons. The van der Waals surface area contributed by atoms with Crippen LogP contribution in [0.15, 0.2) is 41.2 Å². The van der Waals surface area contributed by atoms with Gasteiger partial charge in [0.1, 0.15) is 16.1 Å². The van der Waals surface area contributed by atoms with E-state index in [-0.39, 0.29) is 11.9 Å². The van der Waals surface area contributed by atoms with Gasteiger partial charge in [-0.2, -0.15) is 11.3 Å². The molecule has 1 atom stereocenters. The van der Waals surface area contributed by atoms with Gasteiger partial charge in [0, 0.05) is 48.8 Å². The van der Waals surface area contributed by atoms with Gasteiger partial charge in [-0.3, -0.25) is 9.78 Å². The molecule has 1 saturated carbocycles. The van der Waals surface area contributed by atoms with Crippen LogP contribution in [-0.4, -0.2) is 35.0 Å². The van der Waals surface area contributed by atoms with E-state index in [2.05, 4.69) is 32.0 Å². The van der Waals surface area contributed by atoms with Crippen LogP contribution >= 0.6 is 22.7 Å². The van der Waals surface area contributed by atoms with Gasteiger partial charge in [0.15, 0.2) is 0 Å². The monoisotopic (exact) mass is 410 g/mol. The molecule has 0 aromatic carbocycles. The first kappa shape index (κ1) is 17.8. The fourth-order valence-electron chi connectivity index (χ4n) is 3.65. The molecule has 3 aromatic rings. The number of thiophene rings is 1. The summed E-state index contributed by atoms with van der Waals surface area (Å²) >= 11 is 3.42. The van der Waals surface area contributed by atoms with Crippen LogP contribution in [0, 0.1) is 5.92 Å². The van der Waals surface area contributed by atoms with Gasteiger partial charge in [-0.1, -0.05) is 17.4 Å². The average Bonchev–Trinajstić information content (AvgIpc) is 3.09. The quantitative estimate of drug-likeness (QED) is 0.644. The maximum atomic E-state index is 12.9. The second-order valence-corrected chi connectivity index (χ2v) is 9.22. The second-order valence-electron chi connectivity index (χ2n) is 7.46. The Labute approximate surface area is 172 Å². The van der Waals surface area contributed by atoms with Crippen molar-refractivity contribution in [3.05, 3.63) is 52.6 Å². The van der Waals surface area contributed by atoms with Crippen LogP contribution in [0.5, 0.6) is 0 Å². The Bertz CT molecular complexity index is 950. The number of nitrogens with zero attached hydrogens (tertiary/aromatic N) is 3. The molecule has 1 unspecified atom stereocenters. The Morgan fingerprint density at radius 2 is 2.21 bits per heavy atom. The fraction of sp³-hybridized carbons (Fsp3) is 0.381. The van der Waals surface area contributed by atoms with Crippen LogP contribution in [0.4, 0.5) is 5.00 Å². The molecule has 1 fully saturated rings. The minimum atomic E-state index is -0.130. The van der Waals surface area contributed by atoms with E-state index in [4.69, 9.17) is 4.98 Å². The lowest BCUT2D eigenvalue weighted by molar-refractivity contribution is -0.122. The summed E-state index contributed by atoms with van der Waals surface area (Å²) in [6, 6.07) is 7.87. The van der Waals surface area contributed by atoms with E-state index in [9.17, 15) is 4.79 Å². The van der Waals surface area contributed by atoms with Crippen molar-refractivity contribution in [3.8, 4) is 10.6 Å². The normalized spacial score (nSPS) is 18.3. The maximum absolute atomic E-state index is 12.9. The minimum Gasteiger partial charge on any atom is -0.354 e. The zero-order valence-corrected chi connectivity index (χ0v) is 17.1. The molecule has 1 aliphatic heterocycles. The summed E-state index contributed by atoms with van der Waals surface area (Å²) in [5.74, 6) is 0.834. The molecule has 4 heterocycles. The first-order valence-electron chi connectivity index (χ1n) is 9.74. The Hall–Kier alpha value is -2.25. The zero-order chi connectivity index (χ0) is 18.9. The Balaban J connectivity index is 1.28. The molecule has 7 heteroatoms. The number of aromatic nitrogens is 2. The number of nitrogens with one attached hydrogen (secondary N) is 1. The van der Waals surface area contributed by atoms with Gasteiger partial charge in [-0.05, 0) is 42.3 Å². The number of thiazole rings is 1. The highest BCUT2D eigenvalue weighted by Crippen LogP contribution is 2.43. The molecule has 5 rings (SSSR count). The molecule has 5 nitrogen and oxygen atoms in total. The van der Waals surface area contributed by atoms with E-state index in [1.165, 1.54) is 23.4 Å². The Morgan fingerprint density at radius 3 is 2.96 bits per heavy atom.